The number of aromatic nitrogens is 2. The SMILES string of the molecule is Cc1c(C(=O)Nc2ccccc2C(=O)NCC(C)C)cnn1-c1ccccc1F. The first kappa shape index (κ1) is 20.3. The molecule has 0 bridgehead atoms. The van der Waals surface area contributed by atoms with E-state index in [1.54, 1.807) is 49.4 Å². The Bertz CT molecular complexity index is 1040. The van der Waals surface area contributed by atoms with E-state index in [0.717, 1.165) is 0 Å². The number of anilines is 1. The molecule has 0 aliphatic heterocycles. The summed E-state index contributed by atoms with van der Waals surface area (Å²) in [5.74, 6) is -0.798. The number of para-hydroxylation sites is 2. The molecule has 1 heterocycles. The third kappa shape index (κ3) is 4.51. The van der Waals surface area contributed by atoms with Gasteiger partial charge in [-0.05, 0) is 37.1 Å². The molecule has 150 valence electrons. The predicted octanol–water partition coefficient (Wildman–Crippen LogP) is 3.96. The Labute approximate surface area is 168 Å². The maximum Gasteiger partial charge on any atom is 0.259 e. The second kappa shape index (κ2) is 8.68. The van der Waals surface area contributed by atoms with E-state index >= 15 is 0 Å². The van der Waals surface area contributed by atoms with Gasteiger partial charge < -0.3 is 10.6 Å². The maximum atomic E-state index is 14.1. The number of hydrogen-bond acceptors (Lipinski definition) is 3. The topological polar surface area (TPSA) is 76.0 Å². The molecule has 0 unspecified atom stereocenters. The molecule has 2 amide bonds. The van der Waals surface area contributed by atoms with E-state index in [9.17, 15) is 14.0 Å². The molecule has 6 nitrogen and oxygen atoms in total. The van der Waals surface area contributed by atoms with Gasteiger partial charge in [0, 0.05) is 6.54 Å². The normalized spacial score (nSPS) is 10.8. The molecule has 0 saturated carbocycles. The molecule has 0 atom stereocenters. The van der Waals surface area contributed by atoms with Crippen molar-refractivity contribution in [3.05, 3.63) is 77.4 Å². The fourth-order valence-corrected chi connectivity index (χ4v) is 2.87. The zero-order chi connectivity index (χ0) is 21.0. The standard InChI is InChI=1S/C22H23FN4O2/c1-14(2)12-24-21(28)16-8-4-6-10-19(16)26-22(29)17-13-25-27(15(17)3)20-11-7-5-9-18(20)23/h4-11,13-14H,12H2,1-3H3,(H,24,28)(H,26,29). The molecular weight excluding hydrogens is 371 g/mol. The minimum atomic E-state index is -0.433. The lowest BCUT2D eigenvalue weighted by Crippen LogP contribution is -2.28. The Morgan fingerprint density at radius 1 is 1.03 bits per heavy atom. The second-order valence-corrected chi connectivity index (χ2v) is 7.11. The van der Waals surface area contributed by atoms with Gasteiger partial charge in [-0.15, -0.1) is 0 Å². The highest BCUT2D eigenvalue weighted by atomic mass is 19.1. The highest BCUT2D eigenvalue weighted by Gasteiger charge is 2.19. The first-order chi connectivity index (χ1) is 13.9. The molecular formula is C22H23FN4O2. The highest BCUT2D eigenvalue weighted by molar-refractivity contribution is 6.09. The monoisotopic (exact) mass is 394 g/mol. The van der Waals surface area contributed by atoms with Crippen LogP contribution in [-0.2, 0) is 0 Å². The van der Waals surface area contributed by atoms with Crippen molar-refractivity contribution in [3.8, 4) is 5.69 Å². The van der Waals surface area contributed by atoms with Crippen molar-refractivity contribution in [3.63, 3.8) is 0 Å². The van der Waals surface area contributed by atoms with Crippen LogP contribution < -0.4 is 10.6 Å². The van der Waals surface area contributed by atoms with E-state index in [1.807, 2.05) is 13.8 Å². The summed E-state index contributed by atoms with van der Waals surface area (Å²) in [6.45, 7) is 6.24. The van der Waals surface area contributed by atoms with Gasteiger partial charge >= 0.3 is 0 Å². The summed E-state index contributed by atoms with van der Waals surface area (Å²) in [5, 5.41) is 9.77. The summed E-state index contributed by atoms with van der Waals surface area (Å²) in [5.41, 5.74) is 1.83. The molecule has 7 heteroatoms. The van der Waals surface area contributed by atoms with Crippen molar-refractivity contribution in [2.24, 2.45) is 5.92 Å². The largest absolute Gasteiger partial charge is 0.352 e. The van der Waals surface area contributed by atoms with Crippen molar-refractivity contribution in [2.75, 3.05) is 11.9 Å². The minimum Gasteiger partial charge on any atom is -0.352 e. The van der Waals surface area contributed by atoms with Crippen LogP contribution in [0.5, 0.6) is 0 Å². The molecule has 0 fully saturated rings. The molecule has 29 heavy (non-hydrogen) atoms. The predicted molar refractivity (Wildman–Crippen MR) is 110 cm³/mol. The number of carbonyl (C=O) groups is 2. The van der Waals surface area contributed by atoms with Crippen LogP contribution in [0.25, 0.3) is 5.69 Å². The summed E-state index contributed by atoms with van der Waals surface area (Å²) >= 11 is 0. The third-order valence-electron chi connectivity index (χ3n) is 4.43. The van der Waals surface area contributed by atoms with Gasteiger partial charge in [0.15, 0.2) is 0 Å². The van der Waals surface area contributed by atoms with Crippen LogP contribution in [0, 0.1) is 18.7 Å². The number of hydrogen-bond donors (Lipinski definition) is 2. The van der Waals surface area contributed by atoms with E-state index in [-0.39, 0.29) is 11.6 Å². The number of nitrogens with one attached hydrogen (secondary N) is 2. The van der Waals surface area contributed by atoms with Crippen LogP contribution in [0.3, 0.4) is 0 Å². The Balaban J connectivity index is 1.84. The quantitative estimate of drug-likeness (QED) is 0.664. The van der Waals surface area contributed by atoms with Crippen LogP contribution >= 0.6 is 0 Å². The van der Waals surface area contributed by atoms with Crippen LogP contribution in [-0.4, -0.2) is 28.1 Å². The summed E-state index contributed by atoms with van der Waals surface area (Å²) in [4.78, 5) is 25.3. The first-order valence-corrected chi connectivity index (χ1v) is 9.36. The van der Waals surface area contributed by atoms with E-state index in [2.05, 4.69) is 15.7 Å². The van der Waals surface area contributed by atoms with Gasteiger partial charge in [-0.2, -0.15) is 5.10 Å². The van der Waals surface area contributed by atoms with Crippen molar-refractivity contribution in [1.82, 2.24) is 15.1 Å². The number of amides is 2. The van der Waals surface area contributed by atoms with Gasteiger partial charge in [0.1, 0.15) is 11.5 Å². The van der Waals surface area contributed by atoms with E-state index in [1.165, 1.54) is 16.9 Å². The molecule has 1 aromatic heterocycles. The number of benzene rings is 2. The number of rotatable bonds is 6. The smallest absolute Gasteiger partial charge is 0.259 e. The molecule has 0 saturated heterocycles. The van der Waals surface area contributed by atoms with Crippen molar-refractivity contribution in [1.29, 1.82) is 0 Å². The summed E-state index contributed by atoms with van der Waals surface area (Å²) in [6.07, 6.45) is 1.39. The maximum absolute atomic E-state index is 14.1. The molecule has 0 radical (unpaired) electrons. The Kier molecular flexibility index (Phi) is 6.07. The van der Waals surface area contributed by atoms with E-state index in [0.29, 0.717) is 35.0 Å². The molecule has 0 aliphatic rings. The molecule has 0 aliphatic carbocycles. The summed E-state index contributed by atoms with van der Waals surface area (Å²) in [6, 6.07) is 13.0. The van der Waals surface area contributed by atoms with Crippen molar-refractivity contribution < 1.29 is 14.0 Å². The van der Waals surface area contributed by atoms with Gasteiger partial charge in [-0.1, -0.05) is 38.1 Å². The van der Waals surface area contributed by atoms with Crippen LogP contribution in [0.2, 0.25) is 0 Å². The molecule has 2 aromatic carbocycles. The number of carbonyl (C=O) groups excluding carboxylic acids is 2. The lowest BCUT2D eigenvalue weighted by atomic mass is 10.1. The molecule has 3 rings (SSSR count). The Morgan fingerprint density at radius 2 is 1.72 bits per heavy atom. The lowest BCUT2D eigenvalue weighted by molar-refractivity contribution is 0.0950. The minimum absolute atomic E-state index is 0.256. The van der Waals surface area contributed by atoms with Gasteiger partial charge in [-0.25, -0.2) is 9.07 Å². The molecule has 0 spiro atoms. The number of nitrogens with zero attached hydrogens (tertiary/aromatic N) is 2. The molecule has 2 N–H and O–H groups in total. The molecule has 3 aromatic rings. The highest BCUT2D eigenvalue weighted by Crippen LogP contribution is 2.20. The first-order valence-electron chi connectivity index (χ1n) is 9.36. The fraction of sp³-hybridized carbons (Fsp3) is 0.227. The lowest BCUT2D eigenvalue weighted by Gasteiger charge is -2.12. The van der Waals surface area contributed by atoms with Gasteiger partial charge in [-0.3, -0.25) is 9.59 Å². The van der Waals surface area contributed by atoms with Crippen molar-refractivity contribution in [2.45, 2.75) is 20.8 Å². The fourth-order valence-electron chi connectivity index (χ4n) is 2.87. The number of halogens is 1. The summed E-state index contributed by atoms with van der Waals surface area (Å²) < 4.78 is 15.5. The third-order valence-corrected chi connectivity index (χ3v) is 4.43. The van der Waals surface area contributed by atoms with Gasteiger partial charge in [0.2, 0.25) is 0 Å². The summed E-state index contributed by atoms with van der Waals surface area (Å²) in [7, 11) is 0. The van der Waals surface area contributed by atoms with Gasteiger partial charge in [0.25, 0.3) is 11.8 Å². The zero-order valence-electron chi connectivity index (χ0n) is 16.6. The van der Waals surface area contributed by atoms with Crippen LogP contribution in [0.15, 0.2) is 54.7 Å². The van der Waals surface area contributed by atoms with Crippen LogP contribution in [0.4, 0.5) is 10.1 Å². The Morgan fingerprint density at radius 3 is 2.45 bits per heavy atom. The van der Waals surface area contributed by atoms with E-state index < -0.39 is 11.7 Å². The van der Waals surface area contributed by atoms with Gasteiger partial charge in [0.05, 0.1) is 28.7 Å². The second-order valence-electron chi connectivity index (χ2n) is 7.11. The van der Waals surface area contributed by atoms with E-state index in [4.69, 9.17) is 0 Å². The average Bonchev–Trinajstić information content (AvgIpc) is 3.08. The van der Waals surface area contributed by atoms with Crippen molar-refractivity contribution >= 4 is 17.5 Å². The average molecular weight is 394 g/mol. The zero-order valence-corrected chi connectivity index (χ0v) is 16.6. The Hall–Kier alpha value is -3.48. The van der Waals surface area contributed by atoms with Crippen LogP contribution in [0.1, 0.15) is 40.3 Å².